The van der Waals surface area contributed by atoms with Crippen molar-refractivity contribution >= 4 is 11.6 Å². The number of benzene rings is 2. The van der Waals surface area contributed by atoms with E-state index in [1.807, 2.05) is 55.5 Å². The van der Waals surface area contributed by atoms with Crippen molar-refractivity contribution in [2.24, 2.45) is 0 Å². The maximum absolute atomic E-state index is 12.3. The van der Waals surface area contributed by atoms with E-state index in [9.17, 15) is 4.79 Å². The third kappa shape index (κ3) is 2.87. The molecule has 0 aliphatic rings. The maximum atomic E-state index is 12.3. The van der Waals surface area contributed by atoms with Crippen LogP contribution in [0, 0.1) is 6.92 Å². The first-order valence-corrected chi connectivity index (χ1v) is 6.75. The first-order chi connectivity index (χ1) is 10.2. The Balaban J connectivity index is 1.94. The number of anilines is 1. The molecule has 1 heterocycles. The Labute approximate surface area is 123 Å². The zero-order chi connectivity index (χ0) is 14.7. The lowest BCUT2D eigenvalue weighted by molar-refractivity contribution is 0.102. The zero-order valence-corrected chi connectivity index (χ0v) is 11.7. The van der Waals surface area contributed by atoms with Gasteiger partial charge in [-0.05, 0) is 43.3 Å². The summed E-state index contributed by atoms with van der Waals surface area (Å²) < 4.78 is 5.45. The molecule has 0 aliphatic heterocycles. The van der Waals surface area contributed by atoms with Gasteiger partial charge in [0.05, 0.1) is 12.0 Å². The van der Waals surface area contributed by atoms with Crippen molar-refractivity contribution in [3.05, 3.63) is 78.1 Å². The average Bonchev–Trinajstić information content (AvgIpc) is 3.04. The van der Waals surface area contributed by atoms with Crippen LogP contribution in [0.3, 0.4) is 0 Å². The second-order valence-electron chi connectivity index (χ2n) is 4.85. The summed E-state index contributed by atoms with van der Waals surface area (Å²) in [5.74, 6) is 0.606. The van der Waals surface area contributed by atoms with Gasteiger partial charge in [0.15, 0.2) is 0 Å². The molecule has 3 aromatic rings. The third-order valence-corrected chi connectivity index (χ3v) is 3.25. The van der Waals surface area contributed by atoms with Crippen LogP contribution in [0.1, 0.15) is 15.9 Å². The van der Waals surface area contributed by atoms with E-state index >= 15 is 0 Å². The highest BCUT2D eigenvalue weighted by Crippen LogP contribution is 2.29. The molecule has 0 fully saturated rings. The van der Waals surface area contributed by atoms with E-state index in [0.717, 1.165) is 22.6 Å². The summed E-state index contributed by atoms with van der Waals surface area (Å²) in [6.45, 7) is 2.01. The highest BCUT2D eigenvalue weighted by Gasteiger charge is 2.12. The molecule has 0 atom stereocenters. The Hall–Kier alpha value is -2.81. The second kappa shape index (κ2) is 5.67. The quantitative estimate of drug-likeness (QED) is 0.765. The monoisotopic (exact) mass is 277 g/mol. The average molecular weight is 277 g/mol. The Morgan fingerprint density at radius 3 is 2.52 bits per heavy atom. The molecule has 0 saturated carbocycles. The maximum Gasteiger partial charge on any atom is 0.255 e. The van der Waals surface area contributed by atoms with Crippen LogP contribution in [0.5, 0.6) is 0 Å². The summed E-state index contributed by atoms with van der Waals surface area (Å²) in [5, 5.41) is 2.94. The van der Waals surface area contributed by atoms with Crippen molar-refractivity contribution in [3.8, 4) is 11.3 Å². The molecule has 1 aromatic heterocycles. The smallest absolute Gasteiger partial charge is 0.255 e. The molecule has 0 saturated heterocycles. The molecule has 0 bridgehead atoms. The number of carbonyl (C=O) groups excluding carboxylic acids is 1. The van der Waals surface area contributed by atoms with Gasteiger partial charge in [-0.15, -0.1) is 0 Å². The third-order valence-electron chi connectivity index (χ3n) is 3.25. The zero-order valence-electron chi connectivity index (χ0n) is 11.7. The molecule has 0 radical (unpaired) electrons. The number of hydrogen-bond donors (Lipinski definition) is 1. The summed E-state index contributed by atoms with van der Waals surface area (Å²) in [4.78, 5) is 12.3. The summed E-state index contributed by atoms with van der Waals surface area (Å²) in [7, 11) is 0. The van der Waals surface area contributed by atoms with Gasteiger partial charge in [-0.1, -0.05) is 29.8 Å². The van der Waals surface area contributed by atoms with Gasteiger partial charge in [0.25, 0.3) is 5.91 Å². The van der Waals surface area contributed by atoms with Crippen LogP contribution in [-0.4, -0.2) is 5.91 Å². The van der Waals surface area contributed by atoms with Crippen LogP contribution >= 0.6 is 0 Å². The molecule has 0 aliphatic carbocycles. The van der Waals surface area contributed by atoms with E-state index < -0.39 is 0 Å². The number of rotatable bonds is 3. The van der Waals surface area contributed by atoms with Crippen LogP contribution in [0.25, 0.3) is 11.3 Å². The molecule has 0 spiro atoms. The molecular weight excluding hydrogens is 262 g/mol. The molecule has 1 amide bonds. The van der Waals surface area contributed by atoms with Gasteiger partial charge >= 0.3 is 0 Å². The number of nitrogens with one attached hydrogen (secondary N) is 1. The molecule has 2 aromatic carbocycles. The lowest BCUT2D eigenvalue weighted by Gasteiger charge is -2.10. The second-order valence-corrected chi connectivity index (χ2v) is 4.85. The Morgan fingerprint density at radius 1 is 1.00 bits per heavy atom. The fourth-order valence-corrected chi connectivity index (χ4v) is 2.19. The van der Waals surface area contributed by atoms with Crippen molar-refractivity contribution in [1.29, 1.82) is 0 Å². The first kappa shape index (κ1) is 13.2. The fraction of sp³-hybridized carbons (Fsp3) is 0.0556. The van der Waals surface area contributed by atoms with Crippen LogP contribution in [-0.2, 0) is 0 Å². The number of aryl methyl sites for hydroxylation is 1. The first-order valence-electron chi connectivity index (χ1n) is 6.75. The van der Waals surface area contributed by atoms with E-state index in [4.69, 9.17) is 4.42 Å². The van der Waals surface area contributed by atoms with Crippen LogP contribution in [0.15, 0.2) is 71.3 Å². The molecule has 3 rings (SSSR count). The van der Waals surface area contributed by atoms with Crippen molar-refractivity contribution in [1.82, 2.24) is 0 Å². The highest BCUT2D eigenvalue weighted by atomic mass is 16.3. The summed E-state index contributed by atoms with van der Waals surface area (Å²) in [6, 6.07) is 18.7. The van der Waals surface area contributed by atoms with E-state index in [1.165, 1.54) is 0 Å². The van der Waals surface area contributed by atoms with E-state index in [1.54, 1.807) is 18.4 Å². The number of furan rings is 1. The van der Waals surface area contributed by atoms with E-state index in [0.29, 0.717) is 5.56 Å². The van der Waals surface area contributed by atoms with Crippen molar-refractivity contribution in [2.75, 3.05) is 5.32 Å². The summed E-state index contributed by atoms with van der Waals surface area (Å²) >= 11 is 0. The van der Waals surface area contributed by atoms with Crippen LogP contribution in [0.2, 0.25) is 0 Å². The molecule has 1 N–H and O–H groups in total. The number of amides is 1. The summed E-state index contributed by atoms with van der Waals surface area (Å²) in [6.07, 6.45) is 1.63. The number of carbonyl (C=O) groups is 1. The largest absolute Gasteiger partial charge is 0.464 e. The molecule has 104 valence electrons. The lowest BCUT2D eigenvalue weighted by Crippen LogP contribution is -2.12. The van der Waals surface area contributed by atoms with Crippen LogP contribution < -0.4 is 5.32 Å². The van der Waals surface area contributed by atoms with Crippen molar-refractivity contribution in [3.63, 3.8) is 0 Å². The SMILES string of the molecule is Cc1ccc(NC(=O)c2ccccc2)c(-c2ccco2)c1. The minimum Gasteiger partial charge on any atom is -0.464 e. The fourth-order valence-electron chi connectivity index (χ4n) is 2.19. The predicted molar refractivity (Wildman–Crippen MR) is 83.3 cm³/mol. The minimum atomic E-state index is -0.132. The standard InChI is InChI=1S/C18H15NO2/c1-13-9-10-16(15(12-13)17-8-5-11-21-17)19-18(20)14-6-3-2-4-7-14/h2-12H,1H3,(H,19,20). The van der Waals surface area contributed by atoms with E-state index in [-0.39, 0.29) is 5.91 Å². The predicted octanol–water partition coefficient (Wildman–Crippen LogP) is 4.51. The Bertz CT molecular complexity index is 746. The summed E-state index contributed by atoms with van der Waals surface area (Å²) in [5.41, 5.74) is 3.36. The van der Waals surface area contributed by atoms with E-state index in [2.05, 4.69) is 5.32 Å². The highest BCUT2D eigenvalue weighted by molar-refractivity contribution is 6.06. The van der Waals surface area contributed by atoms with Gasteiger partial charge in [0.2, 0.25) is 0 Å². The molecule has 3 heteroatoms. The lowest BCUT2D eigenvalue weighted by atomic mass is 10.1. The number of hydrogen-bond acceptors (Lipinski definition) is 2. The van der Waals surface area contributed by atoms with Gasteiger partial charge in [-0.25, -0.2) is 0 Å². The van der Waals surface area contributed by atoms with Gasteiger partial charge in [0.1, 0.15) is 5.76 Å². The Morgan fingerprint density at radius 2 is 1.81 bits per heavy atom. The van der Waals surface area contributed by atoms with Crippen molar-refractivity contribution in [2.45, 2.75) is 6.92 Å². The van der Waals surface area contributed by atoms with Gasteiger partial charge in [-0.2, -0.15) is 0 Å². The molecule has 0 unspecified atom stereocenters. The molecule has 3 nitrogen and oxygen atoms in total. The van der Waals surface area contributed by atoms with Gasteiger partial charge in [-0.3, -0.25) is 4.79 Å². The van der Waals surface area contributed by atoms with Crippen LogP contribution in [0.4, 0.5) is 5.69 Å². The van der Waals surface area contributed by atoms with Gasteiger partial charge in [0, 0.05) is 11.1 Å². The molecule has 21 heavy (non-hydrogen) atoms. The normalized spacial score (nSPS) is 10.3. The van der Waals surface area contributed by atoms with Crippen molar-refractivity contribution < 1.29 is 9.21 Å². The Kier molecular flexibility index (Phi) is 3.56. The topological polar surface area (TPSA) is 42.2 Å². The molecular formula is C18H15NO2. The van der Waals surface area contributed by atoms with Gasteiger partial charge < -0.3 is 9.73 Å². The minimum absolute atomic E-state index is 0.132.